The molecular weight excluding hydrogens is 234 g/mol. The molecule has 0 aromatic carbocycles. The summed E-state index contributed by atoms with van der Waals surface area (Å²) in [6.45, 7) is 1.77. The molecule has 17 heavy (non-hydrogen) atoms. The molecule has 1 atom stereocenters. The molecule has 2 heterocycles. The molecule has 1 N–H and O–H groups in total. The Bertz CT molecular complexity index is 427. The summed E-state index contributed by atoms with van der Waals surface area (Å²) in [5, 5.41) is 7.38. The molecule has 0 bridgehead atoms. The lowest BCUT2D eigenvalue weighted by Crippen LogP contribution is -2.18. The molecule has 1 saturated heterocycles. The van der Waals surface area contributed by atoms with Crippen molar-refractivity contribution in [3.63, 3.8) is 0 Å². The molecule has 5 heteroatoms. The van der Waals surface area contributed by atoms with Gasteiger partial charge in [-0.3, -0.25) is 5.10 Å². The summed E-state index contributed by atoms with van der Waals surface area (Å²) < 4.78 is 8.61. The number of H-pyrrole nitrogens is 1. The third kappa shape index (κ3) is 2.31. The highest BCUT2D eigenvalue weighted by Gasteiger charge is 2.25. The van der Waals surface area contributed by atoms with Gasteiger partial charge in [0.15, 0.2) is 4.77 Å². The zero-order chi connectivity index (χ0) is 11.7. The summed E-state index contributed by atoms with van der Waals surface area (Å²) in [5.74, 6) is 1.76. The molecule has 4 nitrogen and oxygen atoms in total. The van der Waals surface area contributed by atoms with Gasteiger partial charge >= 0.3 is 0 Å². The van der Waals surface area contributed by atoms with Crippen molar-refractivity contribution in [2.75, 3.05) is 6.61 Å². The quantitative estimate of drug-likeness (QED) is 0.842. The molecule has 2 fully saturated rings. The zero-order valence-corrected chi connectivity index (χ0v) is 10.8. The fourth-order valence-corrected chi connectivity index (χ4v) is 3.21. The van der Waals surface area contributed by atoms with Crippen LogP contribution in [0.4, 0.5) is 0 Å². The van der Waals surface area contributed by atoms with Gasteiger partial charge in [-0.05, 0) is 37.9 Å². The van der Waals surface area contributed by atoms with Crippen LogP contribution in [0, 0.1) is 4.77 Å². The molecule has 3 rings (SSSR count). The van der Waals surface area contributed by atoms with Crippen LogP contribution in [-0.2, 0) is 11.3 Å². The minimum atomic E-state index is 0.333. The van der Waals surface area contributed by atoms with Crippen LogP contribution in [0.25, 0.3) is 0 Å². The molecule has 1 unspecified atom stereocenters. The number of hydrogen-bond donors (Lipinski definition) is 1. The molecule has 1 aromatic rings. The maximum Gasteiger partial charge on any atom is 0.195 e. The van der Waals surface area contributed by atoms with Crippen LogP contribution >= 0.6 is 12.2 Å². The molecule has 2 aliphatic rings. The fourth-order valence-electron chi connectivity index (χ4n) is 2.99. The molecule has 1 saturated carbocycles. The van der Waals surface area contributed by atoms with Gasteiger partial charge in [0.1, 0.15) is 5.82 Å². The summed E-state index contributed by atoms with van der Waals surface area (Å²) in [4.78, 5) is 0. The first-order valence-electron chi connectivity index (χ1n) is 6.61. The third-order valence-electron chi connectivity index (χ3n) is 3.92. The van der Waals surface area contributed by atoms with Crippen LogP contribution in [0.2, 0.25) is 0 Å². The molecular formula is C12H19N3OS. The van der Waals surface area contributed by atoms with Crippen molar-refractivity contribution < 1.29 is 4.74 Å². The Labute approximate surface area is 106 Å². The minimum Gasteiger partial charge on any atom is -0.376 e. The highest BCUT2D eigenvalue weighted by atomic mass is 32.1. The zero-order valence-electron chi connectivity index (χ0n) is 10.0. The van der Waals surface area contributed by atoms with Crippen molar-refractivity contribution in [2.45, 2.75) is 57.1 Å². The van der Waals surface area contributed by atoms with E-state index in [0.717, 1.165) is 30.2 Å². The minimum absolute atomic E-state index is 0.333. The standard InChI is InChI=1S/C12H19N3OS/c17-12-14-13-11(9-4-1-2-5-9)15(12)8-10-6-3-7-16-10/h9-10H,1-8H2,(H,14,17). The van der Waals surface area contributed by atoms with E-state index in [0.29, 0.717) is 12.0 Å². The normalized spacial score (nSPS) is 25.8. The number of nitrogens with zero attached hydrogens (tertiary/aromatic N) is 2. The van der Waals surface area contributed by atoms with Gasteiger partial charge in [-0.15, -0.1) is 0 Å². The molecule has 1 aliphatic heterocycles. The second-order valence-electron chi connectivity index (χ2n) is 5.11. The van der Waals surface area contributed by atoms with E-state index in [-0.39, 0.29) is 0 Å². The second-order valence-corrected chi connectivity index (χ2v) is 5.50. The Balaban J connectivity index is 1.81. The van der Waals surface area contributed by atoms with Gasteiger partial charge in [0, 0.05) is 12.5 Å². The van der Waals surface area contributed by atoms with E-state index in [1.807, 2.05) is 0 Å². The Morgan fingerprint density at radius 3 is 2.82 bits per heavy atom. The van der Waals surface area contributed by atoms with Crippen molar-refractivity contribution in [1.29, 1.82) is 0 Å². The van der Waals surface area contributed by atoms with Crippen molar-refractivity contribution >= 4 is 12.2 Å². The highest BCUT2D eigenvalue weighted by molar-refractivity contribution is 7.71. The van der Waals surface area contributed by atoms with E-state index < -0.39 is 0 Å². The fraction of sp³-hybridized carbons (Fsp3) is 0.833. The largest absolute Gasteiger partial charge is 0.376 e. The average Bonchev–Trinajstić information content (AvgIpc) is 3.03. The van der Waals surface area contributed by atoms with E-state index in [4.69, 9.17) is 17.0 Å². The number of hydrogen-bond acceptors (Lipinski definition) is 3. The smallest absolute Gasteiger partial charge is 0.195 e. The lowest BCUT2D eigenvalue weighted by atomic mass is 10.1. The summed E-state index contributed by atoms with van der Waals surface area (Å²) >= 11 is 5.33. The predicted molar refractivity (Wildman–Crippen MR) is 67.6 cm³/mol. The van der Waals surface area contributed by atoms with E-state index in [2.05, 4.69) is 14.8 Å². The monoisotopic (exact) mass is 253 g/mol. The van der Waals surface area contributed by atoms with E-state index >= 15 is 0 Å². The second kappa shape index (κ2) is 4.90. The lowest BCUT2D eigenvalue weighted by molar-refractivity contribution is 0.0956. The molecule has 1 aromatic heterocycles. The Morgan fingerprint density at radius 2 is 2.12 bits per heavy atom. The van der Waals surface area contributed by atoms with Crippen LogP contribution in [0.15, 0.2) is 0 Å². The van der Waals surface area contributed by atoms with Gasteiger partial charge in [0.05, 0.1) is 12.6 Å². The SMILES string of the molecule is S=c1[nH]nc(C2CCCC2)n1CC1CCCO1. The van der Waals surface area contributed by atoms with Gasteiger partial charge < -0.3 is 9.30 Å². The van der Waals surface area contributed by atoms with E-state index in [1.54, 1.807) is 0 Å². The first-order valence-corrected chi connectivity index (χ1v) is 7.02. The van der Waals surface area contributed by atoms with Gasteiger partial charge in [0.25, 0.3) is 0 Å². The highest BCUT2D eigenvalue weighted by Crippen LogP contribution is 2.33. The molecule has 0 radical (unpaired) electrons. The molecule has 1 aliphatic carbocycles. The van der Waals surface area contributed by atoms with Crippen molar-refractivity contribution in [1.82, 2.24) is 14.8 Å². The third-order valence-corrected chi connectivity index (χ3v) is 4.23. The first-order chi connectivity index (χ1) is 8.34. The van der Waals surface area contributed by atoms with Crippen LogP contribution in [0.5, 0.6) is 0 Å². The maximum absolute atomic E-state index is 5.69. The molecule has 0 spiro atoms. The number of aromatic amines is 1. The summed E-state index contributed by atoms with van der Waals surface area (Å²) in [6, 6.07) is 0. The van der Waals surface area contributed by atoms with Gasteiger partial charge in [-0.25, -0.2) is 0 Å². The number of nitrogens with one attached hydrogen (secondary N) is 1. The summed E-state index contributed by atoms with van der Waals surface area (Å²) in [6.07, 6.45) is 7.82. The maximum atomic E-state index is 5.69. The predicted octanol–water partition coefficient (Wildman–Crippen LogP) is 2.78. The number of aromatic nitrogens is 3. The van der Waals surface area contributed by atoms with Crippen LogP contribution < -0.4 is 0 Å². The average molecular weight is 253 g/mol. The van der Waals surface area contributed by atoms with Gasteiger partial charge in [-0.1, -0.05) is 12.8 Å². The van der Waals surface area contributed by atoms with Gasteiger partial charge in [0.2, 0.25) is 0 Å². The van der Waals surface area contributed by atoms with E-state index in [9.17, 15) is 0 Å². The Hall–Kier alpha value is -0.680. The van der Waals surface area contributed by atoms with Crippen LogP contribution in [-0.4, -0.2) is 27.5 Å². The lowest BCUT2D eigenvalue weighted by Gasteiger charge is -2.15. The molecule has 0 amide bonds. The van der Waals surface area contributed by atoms with Crippen molar-refractivity contribution in [3.05, 3.63) is 10.6 Å². The summed E-state index contributed by atoms with van der Waals surface area (Å²) in [5.41, 5.74) is 0. The Kier molecular flexibility index (Phi) is 3.29. The topological polar surface area (TPSA) is 42.8 Å². The first kappa shape index (κ1) is 11.4. The van der Waals surface area contributed by atoms with E-state index in [1.165, 1.54) is 32.1 Å². The van der Waals surface area contributed by atoms with Gasteiger partial charge in [-0.2, -0.15) is 5.10 Å². The number of ether oxygens (including phenoxy) is 1. The van der Waals surface area contributed by atoms with Crippen molar-refractivity contribution in [2.24, 2.45) is 0 Å². The summed E-state index contributed by atoms with van der Waals surface area (Å²) in [7, 11) is 0. The van der Waals surface area contributed by atoms with Crippen molar-refractivity contribution in [3.8, 4) is 0 Å². The van der Waals surface area contributed by atoms with Crippen LogP contribution in [0.1, 0.15) is 50.3 Å². The Morgan fingerprint density at radius 1 is 1.29 bits per heavy atom. The number of rotatable bonds is 3. The van der Waals surface area contributed by atoms with Crippen LogP contribution in [0.3, 0.4) is 0 Å². The molecule has 94 valence electrons.